The van der Waals surface area contributed by atoms with Crippen molar-refractivity contribution in [1.82, 2.24) is 25.1 Å². The zero-order valence-electron chi connectivity index (χ0n) is 18.6. The van der Waals surface area contributed by atoms with Crippen molar-refractivity contribution in [3.05, 3.63) is 36.3 Å². The second-order valence-electron chi connectivity index (χ2n) is 7.68. The fraction of sp³-hybridized carbons (Fsp3) is 0.455. The SMILES string of the molecule is CCCSc1nc(NCC(C)C)c2cnn(CCNC(=O)COc3ccc(F)cc3)c2n1. The molecule has 0 unspecified atom stereocenters. The molecule has 3 aromatic rings. The molecule has 0 bridgehead atoms. The van der Waals surface area contributed by atoms with Gasteiger partial charge in [-0.05, 0) is 36.6 Å². The molecule has 0 aliphatic rings. The molecule has 0 radical (unpaired) electrons. The number of hydrogen-bond donors (Lipinski definition) is 2. The van der Waals surface area contributed by atoms with Gasteiger partial charge in [0.15, 0.2) is 17.4 Å². The van der Waals surface area contributed by atoms with Gasteiger partial charge in [-0.25, -0.2) is 19.0 Å². The van der Waals surface area contributed by atoms with Crippen LogP contribution in [0.1, 0.15) is 27.2 Å². The van der Waals surface area contributed by atoms with Crippen LogP contribution in [0.4, 0.5) is 10.2 Å². The van der Waals surface area contributed by atoms with Gasteiger partial charge >= 0.3 is 0 Å². The molecule has 0 aliphatic heterocycles. The number of rotatable bonds is 12. The Labute approximate surface area is 191 Å². The summed E-state index contributed by atoms with van der Waals surface area (Å²) in [7, 11) is 0. The number of ether oxygens (including phenoxy) is 1. The largest absolute Gasteiger partial charge is 0.484 e. The number of amides is 1. The lowest BCUT2D eigenvalue weighted by molar-refractivity contribution is -0.123. The van der Waals surface area contributed by atoms with Crippen LogP contribution < -0.4 is 15.4 Å². The van der Waals surface area contributed by atoms with E-state index >= 15 is 0 Å². The number of hydrogen-bond acceptors (Lipinski definition) is 7. The number of nitrogens with zero attached hydrogens (tertiary/aromatic N) is 4. The predicted octanol–water partition coefficient (Wildman–Crippen LogP) is 3.73. The molecule has 3 rings (SSSR count). The number of carbonyl (C=O) groups is 1. The molecule has 2 N–H and O–H groups in total. The minimum atomic E-state index is -0.351. The van der Waals surface area contributed by atoms with Crippen LogP contribution in [-0.4, -0.2) is 51.1 Å². The van der Waals surface area contributed by atoms with Gasteiger partial charge in [0.05, 0.1) is 18.1 Å². The van der Waals surface area contributed by atoms with Gasteiger partial charge in [-0.2, -0.15) is 5.10 Å². The van der Waals surface area contributed by atoms with Crippen molar-refractivity contribution in [2.75, 3.05) is 30.8 Å². The van der Waals surface area contributed by atoms with E-state index < -0.39 is 0 Å². The average Bonchev–Trinajstić information content (AvgIpc) is 3.18. The molecule has 0 aliphatic carbocycles. The highest BCUT2D eigenvalue weighted by atomic mass is 32.2. The Bertz CT molecular complexity index is 1030. The maximum atomic E-state index is 12.9. The van der Waals surface area contributed by atoms with Crippen LogP contribution in [0.5, 0.6) is 5.75 Å². The number of fused-ring (bicyclic) bond motifs is 1. The van der Waals surface area contributed by atoms with Gasteiger partial charge in [0.25, 0.3) is 5.91 Å². The number of aromatic nitrogens is 4. The minimum Gasteiger partial charge on any atom is -0.484 e. The second-order valence-corrected chi connectivity index (χ2v) is 8.74. The predicted molar refractivity (Wildman–Crippen MR) is 125 cm³/mol. The Balaban J connectivity index is 1.61. The van der Waals surface area contributed by atoms with E-state index in [0.29, 0.717) is 29.9 Å². The average molecular weight is 461 g/mol. The summed E-state index contributed by atoms with van der Waals surface area (Å²) >= 11 is 1.62. The topological polar surface area (TPSA) is 94.0 Å². The number of nitrogens with one attached hydrogen (secondary N) is 2. The van der Waals surface area contributed by atoms with E-state index in [-0.39, 0.29) is 18.3 Å². The quantitative estimate of drug-likeness (QED) is 0.314. The molecule has 2 heterocycles. The number of halogens is 1. The molecule has 32 heavy (non-hydrogen) atoms. The minimum absolute atomic E-state index is 0.144. The van der Waals surface area contributed by atoms with Crippen LogP contribution in [-0.2, 0) is 11.3 Å². The fourth-order valence-corrected chi connectivity index (χ4v) is 3.52. The summed E-state index contributed by atoms with van der Waals surface area (Å²) < 4.78 is 20.1. The molecule has 0 atom stereocenters. The molecule has 172 valence electrons. The third-order valence-electron chi connectivity index (χ3n) is 4.42. The summed E-state index contributed by atoms with van der Waals surface area (Å²) in [5, 5.41) is 12.2. The third-order valence-corrected chi connectivity index (χ3v) is 5.47. The first-order valence-corrected chi connectivity index (χ1v) is 11.7. The molecular formula is C22H29FN6O2S. The van der Waals surface area contributed by atoms with Crippen LogP contribution in [0, 0.1) is 11.7 Å². The van der Waals surface area contributed by atoms with E-state index in [1.54, 1.807) is 22.6 Å². The van der Waals surface area contributed by atoms with Crippen molar-refractivity contribution in [3.63, 3.8) is 0 Å². The molecule has 1 aromatic carbocycles. The molecule has 2 aromatic heterocycles. The van der Waals surface area contributed by atoms with E-state index in [2.05, 4.69) is 46.5 Å². The van der Waals surface area contributed by atoms with Crippen LogP contribution in [0.25, 0.3) is 11.0 Å². The van der Waals surface area contributed by atoms with Gasteiger partial charge in [-0.1, -0.05) is 32.5 Å². The Morgan fingerprint density at radius 3 is 2.75 bits per heavy atom. The Morgan fingerprint density at radius 2 is 2.03 bits per heavy atom. The van der Waals surface area contributed by atoms with Gasteiger partial charge in [-0.15, -0.1) is 0 Å². The summed E-state index contributed by atoms with van der Waals surface area (Å²) in [4.78, 5) is 21.4. The highest BCUT2D eigenvalue weighted by Gasteiger charge is 2.14. The van der Waals surface area contributed by atoms with Crippen molar-refractivity contribution in [3.8, 4) is 5.75 Å². The molecular weight excluding hydrogens is 431 g/mol. The smallest absolute Gasteiger partial charge is 0.258 e. The van der Waals surface area contributed by atoms with Crippen molar-refractivity contribution >= 4 is 34.5 Å². The van der Waals surface area contributed by atoms with Crippen molar-refractivity contribution in [2.45, 2.75) is 38.9 Å². The highest BCUT2D eigenvalue weighted by Crippen LogP contribution is 2.25. The normalized spacial score (nSPS) is 11.2. The molecule has 8 nitrogen and oxygen atoms in total. The van der Waals surface area contributed by atoms with Crippen molar-refractivity contribution in [1.29, 1.82) is 0 Å². The van der Waals surface area contributed by atoms with Gasteiger partial charge < -0.3 is 15.4 Å². The first-order valence-electron chi connectivity index (χ1n) is 10.7. The second kappa shape index (κ2) is 11.7. The van der Waals surface area contributed by atoms with E-state index in [1.165, 1.54) is 24.3 Å². The van der Waals surface area contributed by atoms with Crippen LogP contribution in [0.3, 0.4) is 0 Å². The van der Waals surface area contributed by atoms with Crippen LogP contribution >= 0.6 is 11.8 Å². The maximum absolute atomic E-state index is 12.9. The first-order chi connectivity index (χ1) is 15.5. The number of benzene rings is 1. The van der Waals surface area contributed by atoms with Crippen LogP contribution in [0.15, 0.2) is 35.6 Å². The van der Waals surface area contributed by atoms with Gasteiger partial charge in [0, 0.05) is 18.8 Å². The summed E-state index contributed by atoms with van der Waals surface area (Å²) in [5.74, 6) is 2.02. The number of carbonyl (C=O) groups excluding carboxylic acids is 1. The summed E-state index contributed by atoms with van der Waals surface area (Å²) in [6.45, 7) is 7.90. The Morgan fingerprint density at radius 1 is 1.25 bits per heavy atom. The van der Waals surface area contributed by atoms with E-state index in [9.17, 15) is 9.18 Å². The molecule has 10 heteroatoms. The molecule has 0 saturated carbocycles. The first kappa shape index (κ1) is 23.8. The lowest BCUT2D eigenvalue weighted by Crippen LogP contribution is -2.31. The monoisotopic (exact) mass is 460 g/mol. The lowest BCUT2D eigenvalue weighted by Gasteiger charge is -2.11. The summed E-state index contributed by atoms with van der Waals surface area (Å²) in [5.41, 5.74) is 0.738. The van der Waals surface area contributed by atoms with Gasteiger partial charge in [0.1, 0.15) is 17.4 Å². The van der Waals surface area contributed by atoms with E-state index in [0.717, 1.165) is 35.6 Å². The zero-order valence-corrected chi connectivity index (χ0v) is 19.4. The van der Waals surface area contributed by atoms with Gasteiger partial charge in [-0.3, -0.25) is 4.79 Å². The standard InChI is InChI=1S/C22H29FN6O2S/c1-4-11-32-22-27-20(25-12-15(2)3)18-13-26-29(21(18)28-22)10-9-24-19(30)14-31-17-7-5-16(23)6-8-17/h5-8,13,15H,4,9-12,14H2,1-3H3,(H,24,30)(H,25,27,28). The molecule has 0 saturated heterocycles. The summed E-state index contributed by atoms with van der Waals surface area (Å²) in [6.07, 6.45) is 2.79. The summed E-state index contributed by atoms with van der Waals surface area (Å²) in [6, 6.07) is 5.54. The van der Waals surface area contributed by atoms with Crippen molar-refractivity contribution < 1.29 is 13.9 Å². The Kier molecular flexibility index (Phi) is 8.66. The fourth-order valence-electron chi connectivity index (χ4n) is 2.82. The van der Waals surface area contributed by atoms with Crippen molar-refractivity contribution in [2.24, 2.45) is 5.92 Å². The van der Waals surface area contributed by atoms with E-state index in [1.807, 2.05) is 0 Å². The third kappa shape index (κ3) is 6.81. The zero-order chi connectivity index (χ0) is 22.9. The maximum Gasteiger partial charge on any atom is 0.258 e. The molecule has 0 spiro atoms. The molecule has 1 amide bonds. The number of anilines is 1. The van der Waals surface area contributed by atoms with Crippen LogP contribution in [0.2, 0.25) is 0 Å². The Hall–Kier alpha value is -2.88. The molecule has 0 fully saturated rings. The van der Waals surface area contributed by atoms with E-state index in [4.69, 9.17) is 4.74 Å². The number of thioether (sulfide) groups is 1. The lowest BCUT2D eigenvalue weighted by atomic mass is 10.2. The highest BCUT2D eigenvalue weighted by molar-refractivity contribution is 7.99. The van der Waals surface area contributed by atoms with Gasteiger partial charge in [0.2, 0.25) is 0 Å².